The summed E-state index contributed by atoms with van der Waals surface area (Å²) in [4.78, 5) is 25.4. The molecule has 22 heavy (non-hydrogen) atoms. The van der Waals surface area contributed by atoms with E-state index in [0.717, 1.165) is 0 Å². The lowest BCUT2D eigenvalue weighted by Gasteiger charge is -2.21. The Morgan fingerprint density at radius 1 is 1.00 bits per heavy atom. The highest BCUT2D eigenvalue weighted by atomic mass is 16.5. The molecule has 0 spiro atoms. The normalized spacial score (nSPS) is 13.2. The maximum Gasteiger partial charge on any atom is 0.201 e. The van der Waals surface area contributed by atoms with Crippen molar-refractivity contribution in [3.63, 3.8) is 0 Å². The average Bonchev–Trinajstić information content (AvgIpc) is 2.53. The molecule has 0 saturated carbocycles. The summed E-state index contributed by atoms with van der Waals surface area (Å²) >= 11 is 0. The first-order chi connectivity index (χ1) is 10.6. The Hall–Kier alpha value is -2.88. The van der Waals surface area contributed by atoms with Gasteiger partial charge in [-0.2, -0.15) is 0 Å². The summed E-state index contributed by atoms with van der Waals surface area (Å²) in [6.45, 7) is 1.81. The van der Waals surface area contributed by atoms with Crippen LogP contribution in [0.4, 0.5) is 0 Å². The van der Waals surface area contributed by atoms with Crippen LogP contribution in [0, 0.1) is 0 Å². The molecule has 2 aromatic carbocycles. The van der Waals surface area contributed by atoms with Gasteiger partial charge >= 0.3 is 0 Å². The van der Waals surface area contributed by atoms with E-state index in [4.69, 9.17) is 4.74 Å². The second kappa shape index (κ2) is 5.15. The molecule has 110 valence electrons. The van der Waals surface area contributed by atoms with Crippen molar-refractivity contribution in [1.29, 1.82) is 0 Å². The largest absolute Gasteiger partial charge is 0.507 e. The van der Waals surface area contributed by atoms with Gasteiger partial charge in [0, 0.05) is 16.7 Å². The van der Waals surface area contributed by atoms with Crippen LogP contribution in [-0.2, 0) is 0 Å². The van der Waals surface area contributed by atoms with E-state index < -0.39 is 5.78 Å². The highest BCUT2D eigenvalue weighted by molar-refractivity contribution is 6.30. The third kappa shape index (κ3) is 1.84. The van der Waals surface area contributed by atoms with Crippen molar-refractivity contribution in [3.05, 3.63) is 64.2 Å². The van der Waals surface area contributed by atoms with Crippen molar-refractivity contribution in [3.8, 4) is 11.5 Å². The summed E-state index contributed by atoms with van der Waals surface area (Å²) in [7, 11) is 1.44. The predicted molar refractivity (Wildman–Crippen MR) is 82.7 cm³/mol. The van der Waals surface area contributed by atoms with E-state index >= 15 is 0 Å². The van der Waals surface area contributed by atoms with Crippen molar-refractivity contribution < 1.29 is 19.4 Å². The Kier molecular flexibility index (Phi) is 3.29. The SMILES string of the molecule is CC=Cc1ccc2c(c1O)C(=O)c1c(OC)cccc1C2=O. The van der Waals surface area contributed by atoms with Crippen LogP contribution in [0.5, 0.6) is 11.5 Å². The molecule has 2 aromatic rings. The molecule has 0 aromatic heterocycles. The van der Waals surface area contributed by atoms with Gasteiger partial charge in [0.15, 0.2) is 5.78 Å². The second-order valence-corrected chi connectivity index (χ2v) is 4.97. The molecule has 0 aliphatic heterocycles. The van der Waals surface area contributed by atoms with E-state index in [1.54, 1.807) is 42.5 Å². The van der Waals surface area contributed by atoms with Gasteiger partial charge in [-0.15, -0.1) is 0 Å². The molecular formula is C18H14O4. The fourth-order valence-electron chi connectivity index (χ4n) is 2.74. The fourth-order valence-corrected chi connectivity index (χ4v) is 2.74. The minimum atomic E-state index is -0.397. The Morgan fingerprint density at radius 3 is 2.41 bits per heavy atom. The van der Waals surface area contributed by atoms with E-state index in [-0.39, 0.29) is 28.2 Å². The summed E-state index contributed by atoms with van der Waals surface area (Å²) in [6, 6.07) is 8.10. The second-order valence-electron chi connectivity index (χ2n) is 4.97. The summed E-state index contributed by atoms with van der Waals surface area (Å²) in [5.41, 5.74) is 1.26. The standard InChI is InChI=1S/C18H14O4/c1-3-5-10-8-9-12-15(16(10)19)18(21)14-11(17(12)20)6-4-7-13(14)22-2/h3-9,19H,1-2H3. The first-order valence-corrected chi connectivity index (χ1v) is 6.85. The molecule has 0 amide bonds. The van der Waals surface area contributed by atoms with Gasteiger partial charge in [0.1, 0.15) is 11.5 Å². The molecule has 4 heteroatoms. The number of hydrogen-bond acceptors (Lipinski definition) is 4. The average molecular weight is 294 g/mol. The number of hydrogen-bond donors (Lipinski definition) is 1. The molecule has 0 heterocycles. The van der Waals surface area contributed by atoms with Crippen molar-refractivity contribution in [1.82, 2.24) is 0 Å². The minimum Gasteiger partial charge on any atom is -0.507 e. The van der Waals surface area contributed by atoms with Crippen LogP contribution in [0.2, 0.25) is 0 Å². The smallest absolute Gasteiger partial charge is 0.201 e. The highest BCUT2D eigenvalue weighted by Gasteiger charge is 2.34. The van der Waals surface area contributed by atoms with Crippen LogP contribution in [0.3, 0.4) is 0 Å². The van der Waals surface area contributed by atoms with Gasteiger partial charge in [-0.3, -0.25) is 9.59 Å². The number of aromatic hydroxyl groups is 1. The third-order valence-corrected chi connectivity index (χ3v) is 3.74. The number of ketones is 2. The Labute approximate surface area is 127 Å². The third-order valence-electron chi connectivity index (χ3n) is 3.74. The molecule has 1 aliphatic rings. The first-order valence-electron chi connectivity index (χ1n) is 6.85. The molecule has 0 saturated heterocycles. The maximum atomic E-state index is 12.8. The molecule has 0 atom stereocenters. The summed E-state index contributed by atoms with van der Waals surface area (Å²) in [5.74, 6) is -0.528. The molecule has 3 rings (SSSR count). The lowest BCUT2D eigenvalue weighted by molar-refractivity contribution is 0.0974. The van der Waals surface area contributed by atoms with Crippen LogP contribution in [-0.4, -0.2) is 23.8 Å². The summed E-state index contributed by atoms with van der Waals surface area (Å²) in [5, 5.41) is 10.4. The van der Waals surface area contributed by atoms with E-state index in [1.165, 1.54) is 7.11 Å². The van der Waals surface area contributed by atoms with Crippen molar-refractivity contribution in [2.75, 3.05) is 7.11 Å². The van der Waals surface area contributed by atoms with E-state index in [0.29, 0.717) is 16.9 Å². The monoisotopic (exact) mass is 294 g/mol. The zero-order valence-electron chi connectivity index (χ0n) is 12.2. The zero-order valence-corrected chi connectivity index (χ0v) is 12.2. The van der Waals surface area contributed by atoms with Gasteiger partial charge < -0.3 is 9.84 Å². The molecule has 1 aliphatic carbocycles. The number of carbonyl (C=O) groups is 2. The van der Waals surface area contributed by atoms with Crippen LogP contribution in [0.1, 0.15) is 44.3 Å². The molecule has 4 nitrogen and oxygen atoms in total. The Balaban J connectivity index is 2.33. The fraction of sp³-hybridized carbons (Fsp3) is 0.111. The van der Waals surface area contributed by atoms with Gasteiger partial charge in [0.05, 0.1) is 18.2 Å². The molecule has 0 unspecified atom stereocenters. The number of methoxy groups -OCH3 is 1. The van der Waals surface area contributed by atoms with Crippen LogP contribution in [0.25, 0.3) is 6.08 Å². The number of phenols is 1. The maximum absolute atomic E-state index is 12.8. The van der Waals surface area contributed by atoms with Crippen LogP contribution >= 0.6 is 0 Å². The Morgan fingerprint density at radius 2 is 1.73 bits per heavy atom. The van der Waals surface area contributed by atoms with Gasteiger partial charge in [-0.05, 0) is 19.1 Å². The molecule has 0 radical (unpaired) electrons. The quantitative estimate of drug-likeness (QED) is 0.788. The van der Waals surface area contributed by atoms with Crippen molar-refractivity contribution >= 4 is 17.6 Å². The molecule has 0 fully saturated rings. The van der Waals surface area contributed by atoms with Gasteiger partial charge in [-0.1, -0.05) is 30.4 Å². The number of rotatable bonds is 2. The van der Waals surface area contributed by atoms with Gasteiger partial charge in [0.2, 0.25) is 5.78 Å². The topological polar surface area (TPSA) is 63.6 Å². The number of ether oxygens (including phenoxy) is 1. The highest BCUT2D eigenvalue weighted by Crippen LogP contribution is 2.38. The molecular weight excluding hydrogens is 280 g/mol. The van der Waals surface area contributed by atoms with E-state index in [2.05, 4.69) is 0 Å². The van der Waals surface area contributed by atoms with Gasteiger partial charge in [0.25, 0.3) is 0 Å². The zero-order chi connectivity index (χ0) is 15.9. The lowest BCUT2D eigenvalue weighted by Crippen LogP contribution is -2.22. The number of carbonyl (C=O) groups excluding carboxylic acids is 2. The number of fused-ring (bicyclic) bond motifs is 2. The van der Waals surface area contributed by atoms with Crippen LogP contribution < -0.4 is 4.74 Å². The predicted octanol–water partition coefficient (Wildman–Crippen LogP) is 3.21. The number of benzene rings is 2. The van der Waals surface area contributed by atoms with Crippen LogP contribution in [0.15, 0.2) is 36.4 Å². The number of phenolic OH excluding ortho intramolecular Hbond substituents is 1. The summed E-state index contributed by atoms with van der Waals surface area (Å²) in [6.07, 6.45) is 3.44. The van der Waals surface area contributed by atoms with Crippen molar-refractivity contribution in [2.45, 2.75) is 6.92 Å². The molecule has 1 N–H and O–H groups in total. The molecule has 0 bridgehead atoms. The van der Waals surface area contributed by atoms with Gasteiger partial charge in [-0.25, -0.2) is 0 Å². The minimum absolute atomic E-state index is 0.0394. The summed E-state index contributed by atoms with van der Waals surface area (Å²) < 4.78 is 5.20. The van der Waals surface area contributed by atoms with E-state index in [9.17, 15) is 14.7 Å². The van der Waals surface area contributed by atoms with Crippen molar-refractivity contribution in [2.24, 2.45) is 0 Å². The lowest BCUT2D eigenvalue weighted by atomic mass is 9.82. The van der Waals surface area contributed by atoms with E-state index in [1.807, 2.05) is 6.92 Å². The first kappa shape index (κ1) is 14.1. The number of allylic oxidation sites excluding steroid dienone is 1. The Bertz CT molecular complexity index is 831.